The minimum atomic E-state index is -0.280. The number of hydrogen-bond donors (Lipinski definition) is 0. The molecule has 164 valence electrons. The zero-order chi connectivity index (χ0) is 22.1. The molecule has 2 heterocycles. The molecule has 3 rings (SSSR count). The molecule has 0 saturated carbocycles. The summed E-state index contributed by atoms with van der Waals surface area (Å²) < 4.78 is 0. The lowest BCUT2D eigenvalue weighted by Crippen LogP contribution is -2.44. The van der Waals surface area contributed by atoms with E-state index in [1.807, 2.05) is 73.8 Å². The van der Waals surface area contributed by atoms with Gasteiger partial charge in [0.1, 0.15) is 0 Å². The first-order chi connectivity index (χ1) is 14.1. The largest absolute Gasteiger partial charge is 0.378 e. The highest BCUT2D eigenvalue weighted by Crippen LogP contribution is 2.27. The summed E-state index contributed by atoms with van der Waals surface area (Å²) in [5.41, 5.74) is 1.45. The van der Waals surface area contributed by atoms with Crippen molar-refractivity contribution in [3.05, 3.63) is 29.8 Å². The Morgan fingerprint density at radius 1 is 0.967 bits per heavy atom. The third-order valence-corrected chi connectivity index (χ3v) is 6.01. The third-order valence-electron chi connectivity index (χ3n) is 6.01. The quantitative estimate of drug-likeness (QED) is 0.760. The van der Waals surface area contributed by atoms with Gasteiger partial charge in [0.25, 0.3) is 5.91 Å². The maximum absolute atomic E-state index is 13.1. The molecular weight excluding hydrogens is 380 g/mol. The molecule has 2 aliphatic rings. The Kier molecular flexibility index (Phi) is 6.38. The SMILES string of the molecule is CN(C)c1ccc(C(=O)N2CCCN(C(=O)C3CC(=O)N(C(C)(C)C)C3)CC2)cc1. The zero-order valence-corrected chi connectivity index (χ0v) is 18.9. The fourth-order valence-corrected chi connectivity index (χ4v) is 4.20. The molecule has 30 heavy (non-hydrogen) atoms. The second kappa shape index (κ2) is 8.66. The van der Waals surface area contributed by atoms with Crippen molar-refractivity contribution >= 4 is 23.4 Å². The van der Waals surface area contributed by atoms with Gasteiger partial charge in [-0.2, -0.15) is 0 Å². The maximum atomic E-state index is 13.1. The Morgan fingerprint density at radius 2 is 1.57 bits per heavy atom. The predicted octanol–water partition coefficient (Wildman–Crippen LogP) is 2.07. The second-order valence-corrected chi connectivity index (χ2v) is 9.49. The third kappa shape index (κ3) is 4.77. The molecule has 1 aromatic rings. The molecule has 0 aromatic heterocycles. The molecule has 0 spiro atoms. The van der Waals surface area contributed by atoms with Crippen LogP contribution in [0.4, 0.5) is 5.69 Å². The van der Waals surface area contributed by atoms with Crippen molar-refractivity contribution in [2.45, 2.75) is 39.2 Å². The molecule has 2 aliphatic heterocycles. The van der Waals surface area contributed by atoms with Gasteiger partial charge < -0.3 is 19.6 Å². The molecule has 1 unspecified atom stereocenters. The van der Waals surface area contributed by atoms with Crippen LogP contribution in [0.25, 0.3) is 0 Å². The normalized spacial score (nSPS) is 20.4. The summed E-state index contributed by atoms with van der Waals surface area (Å²) in [4.78, 5) is 45.8. The summed E-state index contributed by atoms with van der Waals surface area (Å²) >= 11 is 0. The lowest BCUT2D eigenvalue weighted by molar-refractivity contribution is -0.135. The van der Waals surface area contributed by atoms with Crippen molar-refractivity contribution < 1.29 is 14.4 Å². The number of amides is 3. The van der Waals surface area contributed by atoms with Crippen LogP contribution in [0.3, 0.4) is 0 Å². The van der Waals surface area contributed by atoms with Crippen LogP contribution in [0.2, 0.25) is 0 Å². The average molecular weight is 415 g/mol. The number of carbonyl (C=O) groups excluding carboxylic acids is 3. The van der Waals surface area contributed by atoms with Crippen molar-refractivity contribution in [2.75, 3.05) is 51.7 Å². The van der Waals surface area contributed by atoms with Gasteiger partial charge in [-0.25, -0.2) is 0 Å². The Morgan fingerprint density at radius 3 is 2.13 bits per heavy atom. The molecule has 0 radical (unpaired) electrons. The highest BCUT2D eigenvalue weighted by atomic mass is 16.2. The first-order valence-electron chi connectivity index (χ1n) is 10.7. The lowest BCUT2D eigenvalue weighted by Gasteiger charge is -2.32. The van der Waals surface area contributed by atoms with Gasteiger partial charge >= 0.3 is 0 Å². The van der Waals surface area contributed by atoms with Crippen molar-refractivity contribution in [1.29, 1.82) is 0 Å². The van der Waals surface area contributed by atoms with Crippen molar-refractivity contribution in [3.63, 3.8) is 0 Å². The molecule has 2 fully saturated rings. The summed E-state index contributed by atoms with van der Waals surface area (Å²) in [6, 6.07) is 7.60. The van der Waals surface area contributed by atoms with E-state index >= 15 is 0 Å². The van der Waals surface area contributed by atoms with Gasteiger partial charge in [0.05, 0.1) is 5.92 Å². The fourth-order valence-electron chi connectivity index (χ4n) is 4.20. The summed E-state index contributed by atoms with van der Waals surface area (Å²) in [7, 11) is 3.94. The Bertz CT molecular complexity index is 798. The minimum Gasteiger partial charge on any atom is -0.378 e. The molecule has 0 bridgehead atoms. The van der Waals surface area contributed by atoms with Gasteiger partial charge in [0.15, 0.2) is 0 Å². The molecule has 7 heteroatoms. The van der Waals surface area contributed by atoms with Crippen LogP contribution in [0.5, 0.6) is 0 Å². The van der Waals surface area contributed by atoms with E-state index in [0.29, 0.717) is 38.3 Å². The topological polar surface area (TPSA) is 64.2 Å². The van der Waals surface area contributed by atoms with Gasteiger partial charge in [-0.1, -0.05) is 0 Å². The Labute approximate surface area is 179 Å². The zero-order valence-electron chi connectivity index (χ0n) is 18.9. The molecule has 1 atom stereocenters. The van der Waals surface area contributed by atoms with Gasteiger partial charge in [-0.3, -0.25) is 14.4 Å². The number of likely N-dealkylation sites (tertiary alicyclic amines) is 1. The standard InChI is InChI=1S/C23H34N4O3/c1-23(2,3)27-16-18(15-20(27)28)22(30)26-12-6-11-25(13-14-26)21(29)17-7-9-19(10-8-17)24(4)5/h7-10,18H,6,11-16H2,1-5H3. The van der Waals surface area contributed by atoms with Gasteiger partial charge in [-0.15, -0.1) is 0 Å². The smallest absolute Gasteiger partial charge is 0.253 e. The van der Waals surface area contributed by atoms with Crippen LogP contribution < -0.4 is 4.90 Å². The van der Waals surface area contributed by atoms with Crippen LogP contribution in [0.1, 0.15) is 44.0 Å². The monoisotopic (exact) mass is 414 g/mol. The Balaban J connectivity index is 1.60. The van der Waals surface area contributed by atoms with Crippen molar-refractivity contribution in [3.8, 4) is 0 Å². The Hall–Kier alpha value is -2.57. The number of nitrogens with zero attached hydrogens (tertiary/aromatic N) is 4. The van der Waals surface area contributed by atoms with Crippen LogP contribution >= 0.6 is 0 Å². The van der Waals surface area contributed by atoms with Gasteiger partial charge in [-0.05, 0) is 51.5 Å². The molecule has 2 saturated heterocycles. The van der Waals surface area contributed by atoms with E-state index < -0.39 is 0 Å². The molecule has 1 aromatic carbocycles. The molecule has 0 N–H and O–H groups in total. The van der Waals surface area contributed by atoms with E-state index in [2.05, 4.69) is 0 Å². The van der Waals surface area contributed by atoms with Crippen LogP contribution in [-0.2, 0) is 9.59 Å². The predicted molar refractivity (Wildman–Crippen MR) is 117 cm³/mol. The number of anilines is 1. The second-order valence-electron chi connectivity index (χ2n) is 9.49. The molecule has 3 amide bonds. The minimum absolute atomic E-state index is 0.00422. The first kappa shape index (κ1) is 22.1. The van der Waals surface area contributed by atoms with E-state index in [1.54, 1.807) is 4.90 Å². The number of carbonyl (C=O) groups is 3. The van der Waals surface area contributed by atoms with Crippen LogP contribution in [-0.4, -0.2) is 84.8 Å². The van der Waals surface area contributed by atoms with E-state index in [1.165, 1.54) is 0 Å². The van der Waals surface area contributed by atoms with Gasteiger partial charge in [0.2, 0.25) is 11.8 Å². The molecule has 0 aliphatic carbocycles. The number of hydrogen-bond acceptors (Lipinski definition) is 4. The van der Waals surface area contributed by atoms with Gasteiger partial charge in [0, 0.05) is 70.0 Å². The van der Waals surface area contributed by atoms with Crippen molar-refractivity contribution in [1.82, 2.24) is 14.7 Å². The fraction of sp³-hybridized carbons (Fsp3) is 0.609. The molecule has 7 nitrogen and oxygen atoms in total. The first-order valence-corrected chi connectivity index (χ1v) is 10.7. The maximum Gasteiger partial charge on any atom is 0.253 e. The summed E-state index contributed by atoms with van der Waals surface area (Å²) in [6.45, 7) is 8.77. The summed E-state index contributed by atoms with van der Waals surface area (Å²) in [5, 5.41) is 0. The number of rotatable bonds is 3. The van der Waals surface area contributed by atoms with Crippen LogP contribution in [0, 0.1) is 5.92 Å². The average Bonchev–Trinajstić information content (AvgIpc) is 2.94. The van der Waals surface area contributed by atoms with Crippen LogP contribution in [0.15, 0.2) is 24.3 Å². The lowest BCUT2D eigenvalue weighted by atomic mass is 10.1. The number of benzene rings is 1. The van der Waals surface area contributed by atoms with E-state index in [0.717, 1.165) is 12.1 Å². The highest BCUT2D eigenvalue weighted by molar-refractivity contribution is 5.94. The summed E-state index contributed by atoms with van der Waals surface area (Å²) in [6.07, 6.45) is 1.03. The molecular formula is C23H34N4O3. The highest BCUT2D eigenvalue weighted by Gasteiger charge is 2.41. The van der Waals surface area contributed by atoms with Crippen molar-refractivity contribution in [2.24, 2.45) is 5.92 Å². The summed E-state index contributed by atoms with van der Waals surface area (Å²) in [5.74, 6) is -0.185. The van der Waals surface area contributed by atoms with E-state index in [4.69, 9.17) is 0 Å². The van der Waals surface area contributed by atoms with E-state index in [-0.39, 0.29) is 35.6 Å². The van der Waals surface area contributed by atoms with E-state index in [9.17, 15) is 14.4 Å².